The van der Waals surface area contributed by atoms with E-state index in [1.807, 2.05) is 25.1 Å². The molecule has 9 heteroatoms. The molecular formula is C22H18Cl2N4O3. The number of aromatic nitrogens is 2. The second-order valence-corrected chi connectivity index (χ2v) is 7.75. The Labute approximate surface area is 188 Å². The topological polar surface area (TPSA) is 106 Å². The monoisotopic (exact) mass is 456 g/mol. The lowest BCUT2D eigenvalue weighted by molar-refractivity contribution is 0.284. The summed E-state index contributed by atoms with van der Waals surface area (Å²) in [6, 6.07) is 13.0. The van der Waals surface area contributed by atoms with Crippen LogP contribution < -0.4 is 19.9 Å². The Kier molecular flexibility index (Phi) is 5.68. The molecule has 3 N–H and O–H groups in total. The number of hydrogen-bond acceptors (Lipinski definition) is 6. The molecule has 2 aromatic carbocycles. The fourth-order valence-electron chi connectivity index (χ4n) is 3.51. The summed E-state index contributed by atoms with van der Waals surface area (Å²) < 4.78 is 17.0. The molecule has 0 saturated heterocycles. The quantitative estimate of drug-likeness (QED) is 0.569. The van der Waals surface area contributed by atoms with Crippen LogP contribution in [0.15, 0.2) is 47.9 Å². The minimum Gasteiger partial charge on any atom is -0.493 e. The number of nitrogens with two attached hydrogens (primary N) is 1. The normalized spacial score (nSPS) is 15.1. The van der Waals surface area contributed by atoms with Gasteiger partial charge in [0.15, 0.2) is 11.5 Å². The molecule has 1 atom stereocenters. The van der Waals surface area contributed by atoms with Gasteiger partial charge in [-0.15, -0.1) is 5.10 Å². The molecule has 0 bridgehead atoms. The molecule has 0 amide bonds. The van der Waals surface area contributed by atoms with E-state index in [2.05, 4.69) is 16.3 Å². The molecule has 31 heavy (non-hydrogen) atoms. The second kappa shape index (κ2) is 8.42. The Balaban J connectivity index is 1.67. The maximum Gasteiger partial charge on any atom is 0.244 e. The molecule has 0 saturated carbocycles. The largest absolute Gasteiger partial charge is 0.493 e. The number of hydrogen-bond donors (Lipinski definition) is 2. The molecule has 2 heterocycles. The Bertz CT molecular complexity index is 1230. The molecule has 1 aliphatic rings. The van der Waals surface area contributed by atoms with Crippen LogP contribution in [0, 0.1) is 18.3 Å². The summed E-state index contributed by atoms with van der Waals surface area (Å²) in [5, 5.41) is 17.7. The van der Waals surface area contributed by atoms with Gasteiger partial charge in [0.2, 0.25) is 11.8 Å². The molecule has 3 aromatic rings. The van der Waals surface area contributed by atoms with Crippen molar-refractivity contribution in [1.29, 1.82) is 5.26 Å². The third-order valence-electron chi connectivity index (χ3n) is 5.03. The minimum absolute atomic E-state index is 0.0328. The minimum atomic E-state index is -0.439. The number of rotatable bonds is 5. The summed E-state index contributed by atoms with van der Waals surface area (Å²) in [6.07, 6.45) is 0. The van der Waals surface area contributed by atoms with E-state index in [1.165, 1.54) is 0 Å². The number of nitrogens with one attached hydrogen (secondary N) is 1. The first kappa shape index (κ1) is 20.9. The van der Waals surface area contributed by atoms with Crippen LogP contribution in [0.5, 0.6) is 17.4 Å². The average Bonchev–Trinajstić information content (AvgIpc) is 3.13. The van der Waals surface area contributed by atoms with Gasteiger partial charge < -0.3 is 19.9 Å². The summed E-state index contributed by atoms with van der Waals surface area (Å²) in [7, 11) is 1.55. The van der Waals surface area contributed by atoms with Crippen LogP contribution in [0.4, 0.5) is 0 Å². The maximum atomic E-state index is 9.71. The molecule has 0 fully saturated rings. The van der Waals surface area contributed by atoms with Crippen molar-refractivity contribution in [2.24, 2.45) is 5.73 Å². The van der Waals surface area contributed by atoms with Crippen molar-refractivity contribution in [3.05, 3.63) is 80.3 Å². The first-order valence-electron chi connectivity index (χ1n) is 9.30. The molecule has 158 valence electrons. The number of nitriles is 1. The van der Waals surface area contributed by atoms with Crippen LogP contribution in [-0.4, -0.2) is 17.3 Å². The molecule has 4 rings (SSSR count). The van der Waals surface area contributed by atoms with E-state index in [9.17, 15) is 5.26 Å². The number of methoxy groups -OCH3 is 1. The fraction of sp³-hybridized carbons (Fsp3) is 0.182. The van der Waals surface area contributed by atoms with Crippen LogP contribution in [0.25, 0.3) is 0 Å². The van der Waals surface area contributed by atoms with Crippen LogP contribution in [0.1, 0.15) is 28.3 Å². The lowest BCUT2D eigenvalue weighted by Crippen LogP contribution is -2.21. The standard InChI is InChI=1S/C22H18Cl2N4O3/c1-11-19-20(14(9-25)21(26)31-22(19)28-27-11)13-4-6-17(18(8-13)29-2)30-10-12-3-5-15(23)16(24)7-12/h3-8,20H,10,26H2,1-2H3,(H,27,28). The Morgan fingerprint density at radius 3 is 2.71 bits per heavy atom. The van der Waals surface area contributed by atoms with Crippen molar-refractivity contribution in [3.8, 4) is 23.4 Å². The summed E-state index contributed by atoms with van der Waals surface area (Å²) in [6.45, 7) is 2.15. The van der Waals surface area contributed by atoms with Crippen LogP contribution in [0.2, 0.25) is 10.0 Å². The number of nitrogens with zero attached hydrogens (tertiary/aromatic N) is 2. The second-order valence-electron chi connectivity index (χ2n) is 6.94. The summed E-state index contributed by atoms with van der Waals surface area (Å²) in [4.78, 5) is 0. The van der Waals surface area contributed by atoms with E-state index in [0.29, 0.717) is 33.0 Å². The van der Waals surface area contributed by atoms with Gasteiger partial charge in [-0.2, -0.15) is 5.26 Å². The third-order valence-corrected chi connectivity index (χ3v) is 5.77. The highest BCUT2D eigenvalue weighted by Crippen LogP contribution is 2.44. The zero-order valence-electron chi connectivity index (χ0n) is 16.7. The number of ether oxygens (including phenoxy) is 3. The van der Waals surface area contributed by atoms with Gasteiger partial charge in [-0.05, 0) is 42.3 Å². The van der Waals surface area contributed by atoms with E-state index in [1.54, 1.807) is 25.3 Å². The van der Waals surface area contributed by atoms with Gasteiger partial charge in [-0.1, -0.05) is 35.3 Å². The van der Waals surface area contributed by atoms with Crippen LogP contribution in [0.3, 0.4) is 0 Å². The molecule has 1 aromatic heterocycles. The predicted molar refractivity (Wildman–Crippen MR) is 116 cm³/mol. The van der Waals surface area contributed by atoms with Gasteiger partial charge in [0.1, 0.15) is 18.2 Å². The molecule has 0 aliphatic carbocycles. The predicted octanol–water partition coefficient (Wildman–Crippen LogP) is 4.83. The summed E-state index contributed by atoms with van der Waals surface area (Å²) in [5.74, 6) is 1.01. The van der Waals surface area contributed by atoms with Gasteiger partial charge >= 0.3 is 0 Å². The van der Waals surface area contributed by atoms with E-state index in [0.717, 1.165) is 22.4 Å². The summed E-state index contributed by atoms with van der Waals surface area (Å²) in [5.41, 5.74) is 9.51. The number of allylic oxidation sites excluding steroid dienone is 1. The number of fused-ring (bicyclic) bond motifs is 1. The van der Waals surface area contributed by atoms with Crippen molar-refractivity contribution >= 4 is 23.2 Å². The first-order chi connectivity index (χ1) is 14.9. The van der Waals surface area contributed by atoms with Crippen molar-refractivity contribution in [1.82, 2.24) is 10.2 Å². The molecular weight excluding hydrogens is 439 g/mol. The first-order valence-corrected chi connectivity index (χ1v) is 10.1. The fourth-order valence-corrected chi connectivity index (χ4v) is 3.83. The van der Waals surface area contributed by atoms with E-state index in [-0.39, 0.29) is 12.5 Å². The van der Waals surface area contributed by atoms with E-state index < -0.39 is 5.92 Å². The summed E-state index contributed by atoms with van der Waals surface area (Å²) >= 11 is 12.0. The highest BCUT2D eigenvalue weighted by atomic mass is 35.5. The van der Waals surface area contributed by atoms with Gasteiger partial charge in [0.25, 0.3) is 0 Å². The van der Waals surface area contributed by atoms with Crippen LogP contribution in [-0.2, 0) is 6.61 Å². The van der Waals surface area contributed by atoms with Gasteiger partial charge in [-0.3, -0.25) is 5.10 Å². The highest BCUT2D eigenvalue weighted by Gasteiger charge is 2.34. The Hall–Kier alpha value is -3.34. The molecule has 0 radical (unpaired) electrons. The van der Waals surface area contributed by atoms with Gasteiger partial charge in [0.05, 0.1) is 23.1 Å². The average molecular weight is 457 g/mol. The number of aryl methyl sites for hydroxylation is 1. The van der Waals surface area contributed by atoms with E-state index >= 15 is 0 Å². The van der Waals surface area contributed by atoms with Crippen molar-refractivity contribution < 1.29 is 14.2 Å². The highest BCUT2D eigenvalue weighted by molar-refractivity contribution is 6.42. The third kappa shape index (κ3) is 3.88. The zero-order chi connectivity index (χ0) is 22.1. The number of H-pyrrole nitrogens is 1. The Morgan fingerprint density at radius 2 is 2.00 bits per heavy atom. The lowest BCUT2D eigenvalue weighted by Gasteiger charge is -2.24. The molecule has 1 aliphatic heterocycles. The molecule has 0 spiro atoms. The van der Waals surface area contributed by atoms with E-state index in [4.69, 9.17) is 43.1 Å². The smallest absolute Gasteiger partial charge is 0.244 e. The number of benzene rings is 2. The SMILES string of the molecule is COc1cc(C2C(C#N)=C(N)Oc3n[nH]c(C)c32)ccc1OCc1ccc(Cl)c(Cl)c1. The van der Waals surface area contributed by atoms with Crippen molar-refractivity contribution in [2.45, 2.75) is 19.4 Å². The van der Waals surface area contributed by atoms with Crippen molar-refractivity contribution in [2.75, 3.05) is 7.11 Å². The maximum absolute atomic E-state index is 9.71. The van der Waals surface area contributed by atoms with Gasteiger partial charge in [-0.25, -0.2) is 0 Å². The number of halogens is 2. The molecule has 1 unspecified atom stereocenters. The lowest BCUT2D eigenvalue weighted by atomic mass is 9.84. The van der Waals surface area contributed by atoms with Gasteiger partial charge in [0, 0.05) is 11.3 Å². The molecule has 7 nitrogen and oxygen atoms in total. The zero-order valence-corrected chi connectivity index (χ0v) is 18.2. The Morgan fingerprint density at radius 1 is 1.19 bits per heavy atom. The van der Waals surface area contributed by atoms with Crippen molar-refractivity contribution in [3.63, 3.8) is 0 Å². The number of aromatic amines is 1. The van der Waals surface area contributed by atoms with Crippen LogP contribution >= 0.6 is 23.2 Å².